The zero-order chi connectivity index (χ0) is 30.8. The van der Waals surface area contributed by atoms with E-state index in [4.69, 9.17) is 9.47 Å². The van der Waals surface area contributed by atoms with Gasteiger partial charge in [-0.25, -0.2) is 0 Å². The highest BCUT2D eigenvalue weighted by Gasteiger charge is 2.20. The Morgan fingerprint density at radius 1 is 0.705 bits per heavy atom. The van der Waals surface area contributed by atoms with E-state index in [1.807, 2.05) is 66.7 Å². The standard InChI is InChI=1S/C36H34N2O5S/c1-25(44(39,40)41)23-24-37-34-9-5-4-7-33(34)36-32(8-6-10-35(36)37)26-11-13-27(14-12-26)38(28-15-19-30(42-2)20-16-28)29-17-21-31(43-3)22-18-29/h4-22,25H,23-24H2,1-3H3,(H,39,40,41). The van der Waals surface area contributed by atoms with Crippen LogP contribution in [0, 0.1) is 0 Å². The van der Waals surface area contributed by atoms with Crippen LogP contribution < -0.4 is 14.4 Å². The molecule has 0 fully saturated rings. The summed E-state index contributed by atoms with van der Waals surface area (Å²) in [5.74, 6) is 1.58. The summed E-state index contributed by atoms with van der Waals surface area (Å²) in [6, 6.07) is 38.9. The van der Waals surface area contributed by atoms with Crippen molar-refractivity contribution in [1.82, 2.24) is 4.57 Å². The van der Waals surface area contributed by atoms with Gasteiger partial charge in [-0.05, 0) is 97.3 Å². The number of nitrogens with zero attached hydrogens (tertiary/aromatic N) is 2. The maximum atomic E-state index is 11.7. The van der Waals surface area contributed by atoms with Crippen LogP contribution >= 0.6 is 0 Å². The Bertz CT molecular complexity index is 1970. The zero-order valence-electron chi connectivity index (χ0n) is 24.8. The molecule has 6 rings (SSSR count). The monoisotopic (exact) mass is 606 g/mol. The summed E-state index contributed by atoms with van der Waals surface area (Å²) in [6.45, 7) is 2.00. The second kappa shape index (κ2) is 12.1. The minimum absolute atomic E-state index is 0.304. The van der Waals surface area contributed by atoms with Gasteiger partial charge in [-0.2, -0.15) is 8.42 Å². The molecule has 0 saturated carbocycles. The van der Waals surface area contributed by atoms with Crippen LogP contribution in [0.4, 0.5) is 17.1 Å². The molecular weight excluding hydrogens is 572 g/mol. The molecule has 1 aromatic heterocycles. The van der Waals surface area contributed by atoms with Gasteiger partial charge in [-0.15, -0.1) is 0 Å². The van der Waals surface area contributed by atoms with Gasteiger partial charge < -0.3 is 18.9 Å². The van der Waals surface area contributed by atoms with Crippen LogP contribution in [0.2, 0.25) is 0 Å². The van der Waals surface area contributed by atoms with Crippen molar-refractivity contribution in [3.8, 4) is 22.6 Å². The lowest BCUT2D eigenvalue weighted by atomic mass is 9.99. The molecule has 1 N–H and O–H groups in total. The molecule has 1 heterocycles. The maximum Gasteiger partial charge on any atom is 0.267 e. The summed E-state index contributed by atoms with van der Waals surface area (Å²) in [5, 5.41) is 1.35. The molecular formula is C36H34N2O5S. The SMILES string of the molecule is COc1ccc(N(c2ccc(OC)cc2)c2ccc(-c3cccc4c3c3ccccc3n4CCC(C)S(=O)(=O)O)cc2)cc1. The predicted molar refractivity (Wildman–Crippen MR) is 178 cm³/mol. The van der Waals surface area contributed by atoms with Gasteiger partial charge in [0.05, 0.1) is 19.5 Å². The first kappa shape index (κ1) is 29.3. The normalized spacial score (nSPS) is 12.4. The smallest absolute Gasteiger partial charge is 0.267 e. The molecule has 44 heavy (non-hydrogen) atoms. The van der Waals surface area contributed by atoms with Gasteiger partial charge in [0.25, 0.3) is 10.1 Å². The van der Waals surface area contributed by atoms with Gasteiger partial charge in [0, 0.05) is 45.4 Å². The van der Waals surface area contributed by atoms with E-state index in [1.54, 1.807) is 14.2 Å². The number of aryl methyl sites for hydroxylation is 1. The van der Waals surface area contributed by atoms with Gasteiger partial charge in [0.1, 0.15) is 11.5 Å². The van der Waals surface area contributed by atoms with E-state index >= 15 is 0 Å². The number of benzene rings is 5. The Morgan fingerprint density at radius 3 is 1.77 bits per heavy atom. The Kier molecular flexibility index (Phi) is 8.03. The quantitative estimate of drug-likeness (QED) is 0.157. The van der Waals surface area contributed by atoms with Crippen molar-refractivity contribution < 1.29 is 22.4 Å². The van der Waals surface area contributed by atoms with Crippen LogP contribution in [0.25, 0.3) is 32.9 Å². The van der Waals surface area contributed by atoms with Crippen molar-refractivity contribution in [1.29, 1.82) is 0 Å². The molecule has 0 aliphatic heterocycles. The first-order valence-electron chi connectivity index (χ1n) is 14.4. The number of anilines is 3. The van der Waals surface area contributed by atoms with Crippen molar-refractivity contribution in [2.75, 3.05) is 19.1 Å². The van der Waals surface area contributed by atoms with E-state index in [1.165, 1.54) is 6.92 Å². The molecule has 0 saturated heterocycles. The predicted octanol–water partition coefficient (Wildman–Crippen LogP) is 8.61. The summed E-state index contributed by atoms with van der Waals surface area (Å²) in [7, 11) is -0.783. The van der Waals surface area contributed by atoms with Gasteiger partial charge in [0.15, 0.2) is 0 Å². The molecule has 7 nitrogen and oxygen atoms in total. The lowest BCUT2D eigenvalue weighted by Gasteiger charge is -2.26. The Balaban J connectivity index is 1.42. The Labute approximate surface area is 257 Å². The first-order valence-corrected chi connectivity index (χ1v) is 15.9. The number of methoxy groups -OCH3 is 2. The van der Waals surface area contributed by atoms with E-state index in [9.17, 15) is 13.0 Å². The van der Waals surface area contributed by atoms with E-state index in [-0.39, 0.29) is 0 Å². The van der Waals surface area contributed by atoms with Crippen molar-refractivity contribution in [3.05, 3.63) is 115 Å². The molecule has 1 unspecified atom stereocenters. The molecule has 0 aliphatic carbocycles. The van der Waals surface area contributed by atoms with Crippen LogP contribution in [0.3, 0.4) is 0 Å². The molecule has 0 radical (unpaired) electrons. The summed E-state index contributed by atoms with van der Waals surface area (Å²) < 4.78 is 45.9. The van der Waals surface area contributed by atoms with Crippen LogP contribution in [0.15, 0.2) is 115 Å². The number of ether oxygens (including phenoxy) is 2. The van der Waals surface area contributed by atoms with E-state index in [0.29, 0.717) is 13.0 Å². The fraction of sp³-hybridized carbons (Fsp3) is 0.167. The van der Waals surface area contributed by atoms with Gasteiger partial charge >= 0.3 is 0 Å². The average Bonchev–Trinajstić information content (AvgIpc) is 3.38. The largest absolute Gasteiger partial charge is 0.497 e. The molecule has 0 amide bonds. The number of rotatable bonds is 10. The number of aromatic nitrogens is 1. The molecule has 1 atom stereocenters. The first-order chi connectivity index (χ1) is 21.3. The third kappa shape index (κ3) is 5.62. The highest BCUT2D eigenvalue weighted by atomic mass is 32.2. The van der Waals surface area contributed by atoms with E-state index < -0.39 is 15.4 Å². The summed E-state index contributed by atoms with van der Waals surface area (Å²) in [4.78, 5) is 2.19. The van der Waals surface area contributed by atoms with Crippen molar-refractivity contribution >= 4 is 49.0 Å². The number of hydrogen-bond donors (Lipinski definition) is 1. The van der Waals surface area contributed by atoms with E-state index in [0.717, 1.165) is 61.5 Å². The summed E-state index contributed by atoms with van der Waals surface area (Å²) in [5.41, 5.74) is 7.19. The maximum absolute atomic E-state index is 11.7. The minimum Gasteiger partial charge on any atom is -0.497 e. The second-order valence-corrected chi connectivity index (χ2v) is 12.6. The lowest BCUT2D eigenvalue weighted by Crippen LogP contribution is -2.18. The van der Waals surface area contributed by atoms with Crippen molar-refractivity contribution in [2.45, 2.75) is 25.1 Å². The number of fused-ring (bicyclic) bond motifs is 3. The third-order valence-electron chi connectivity index (χ3n) is 8.16. The molecule has 224 valence electrons. The number of para-hydroxylation sites is 1. The highest BCUT2D eigenvalue weighted by molar-refractivity contribution is 7.86. The van der Waals surface area contributed by atoms with Crippen molar-refractivity contribution in [3.63, 3.8) is 0 Å². The van der Waals surface area contributed by atoms with Crippen LogP contribution in [0.1, 0.15) is 13.3 Å². The average molecular weight is 607 g/mol. The fourth-order valence-electron chi connectivity index (χ4n) is 5.74. The topological polar surface area (TPSA) is 81.0 Å². The summed E-state index contributed by atoms with van der Waals surface area (Å²) >= 11 is 0. The van der Waals surface area contributed by atoms with Gasteiger partial charge in [-0.1, -0.05) is 42.5 Å². The van der Waals surface area contributed by atoms with Crippen LogP contribution in [0.5, 0.6) is 11.5 Å². The Morgan fingerprint density at radius 2 is 1.23 bits per heavy atom. The fourth-order valence-corrected chi connectivity index (χ4v) is 6.14. The number of hydrogen-bond acceptors (Lipinski definition) is 5. The summed E-state index contributed by atoms with van der Waals surface area (Å²) in [6.07, 6.45) is 0.304. The molecule has 0 aliphatic rings. The third-order valence-corrected chi connectivity index (χ3v) is 9.42. The molecule has 8 heteroatoms. The minimum atomic E-state index is -4.10. The Hall–Kier alpha value is -4.79. The van der Waals surface area contributed by atoms with Gasteiger partial charge in [0.2, 0.25) is 0 Å². The molecule has 5 aromatic carbocycles. The van der Waals surface area contributed by atoms with Crippen LogP contribution in [-0.2, 0) is 16.7 Å². The van der Waals surface area contributed by atoms with Gasteiger partial charge in [-0.3, -0.25) is 4.55 Å². The van der Waals surface area contributed by atoms with E-state index in [2.05, 4.69) is 58.0 Å². The lowest BCUT2D eigenvalue weighted by molar-refractivity contribution is 0.415. The van der Waals surface area contributed by atoms with Crippen LogP contribution in [-0.4, -0.2) is 37.0 Å². The van der Waals surface area contributed by atoms with Crippen molar-refractivity contribution in [2.24, 2.45) is 0 Å². The molecule has 0 spiro atoms. The highest BCUT2D eigenvalue weighted by Crippen LogP contribution is 2.40. The zero-order valence-corrected chi connectivity index (χ0v) is 25.7. The molecule has 0 bridgehead atoms. The second-order valence-electron chi connectivity index (χ2n) is 10.8. The molecule has 6 aromatic rings.